The summed E-state index contributed by atoms with van der Waals surface area (Å²) in [5, 5.41) is 13.7. The first-order chi connectivity index (χ1) is 8.08. The van der Waals surface area contributed by atoms with Crippen molar-refractivity contribution in [3.05, 3.63) is 29.8 Å². The van der Waals surface area contributed by atoms with Crippen molar-refractivity contribution in [1.82, 2.24) is 5.32 Å². The zero-order valence-corrected chi connectivity index (χ0v) is 9.69. The topological polar surface area (TPSA) is 78.4 Å². The fourth-order valence-corrected chi connectivity index (χ4v) is 1.25. The molecule has 1 aromatic rings. The molecule has 0 saturated carbocycles. The molecule has 0 spiro atoms. The van der Waals surface area contributed by atoms with Gasteiger partial charge in [-0.15, -0.1) is 0 Å². The van der Waals surface area contributed by atoms with E-state index < -0.39 is 5.97 Å². The first kappa shape index (κ1) is 13.0. The molecular weight excluding hydrogens is 220 g/mol. The highest BCUT2D eigenvalue weighted by atomic mass is 16.4. The summed E-state index contributed by atoms with van der Waals surface area (Å²) in [6.45, 7) is 2.32. The van der Waals surface area contributed by atoms with Crippen LogP contribution in [0, 0.1) is 6.92 Å². The second-order valence-corrected chi connectivity index (χ2v) is 3.74. The van der Waals surface area contributed by atoms with E-state index in [4.69, 9.17) is 5.11 Å². The Morgan fingerprint density at radius 2 is 1.88 bits per heavy atom. The zero-order chi connectivity index (χ0) is 12.7. The van der Waals surface area contributed by atoms with E-state index in [1.165, 1.54) is 0 Å². The summed E-state index contributed by atoms with van der Waals surface area (Å²) in [6, 6.07) is 7.11. The molecule has 17 heavy (non-hydrogen) atoms. The molecule has 5 nitrogen and oxygen atoms in total. The van der Waals surface area contributed by atoms with Crippen LogP contribution in [-0.4, -0.2) is 23.7 Å². The number of hydrogen-bond acceptors (Lipinski definition) is 2. The van der Waals surface area contributed by atoms with E-state index in [0.29, 0.717) is 18.7 Å². The monoisotopic (exact) mass is 236 g/mol. The van der Waals surface area contributed by atoms with Gasteiger partial charge in [0.2, 0.25) is 0 Å². The minimum absolute atomic E-state index is 0.0603. The van der Waals surface area contributed by atoms with Crippen molar-refractivity contribution in [2.75, 3.05) is 11.9 Å². The Bertz CT molecular complexity index is 387. The Morgan fingerprint density at radius 1 is 1.24 bits per heavy atom. The van der Waals surface area contributed by atoms with Gasteiger partial charge in [0, 0.05) is 18.7 Å². The number of hydrogen-bond donors (Lipinski definition) is 3. The third-order valence-corrected chi connectivity index (χ3v) is 2.16. The van der Waals surface area contributed by atoms with Gasteiger partial charge in [0.25, 0.3) is 0 Å². The number of aliphatic carboxylic acids is 1. The Labute approximate surface area is 99.8 Å². The van der Waals surface area contributed by atoms with Gasteiger partial charge in [0.1, 0.15) is 0 Å². The number of carboxylic acid groups (broad SMARTS) is 1. The number of carbonyl (C=O) groups excluding carboxylic acids is 1. The van der Waals surface area contributed by atoms with Gasteiger partial charge in [-0.3, -0.25) is 4.79 Å². The van der Waals surface area contributed by atoms with Crippen LogP contribution in [0.5, 0.6) is 0 Å². The zero-order valence-electron chi connectivity index (χ0n) is 9.69. The van der Waals surface area contributed by atoms with Gasteiger partial charge in [0.05, 0.1) is 0 Å². The number of amides is 2. The second kappa shape index (κ2) is 6.52. The molecule has 0 heterocycles. The van der Waals surface area contributed by atoms with E-state index in [2.05, 4.69) is 10.6 Å². The fourth-order valence-electron chi connectivity index (χ4n) is 1.25. The molecule has 0 bridgehead atoms. The summed E-state index contributed by atoms with van der Waals surface area (Å²) < 4.78 is 0. The summed E-state index contributed by atoms with van der Waals surface area (Å²) in [6.07, 6.45) is 0.488. The molecule has 3 N–H and O–H groups in total. The number of urea groups is 1. The molecule has 0 unspecified atom stereocenters. The van der Waals surface area contributed by atoms with Crippen LogP contribution in [0.1, 0.15) is 18.4 Å². The van der Waals surface area contributed by atoms with E-state index >= 15 is 0 Å². The highest BCUT2D eigenvalue weighted by Crippen LogP contribution is 2.07. The van der Waals surface area contributed by atoms with Crippen molar-refractivity contribution in [1.29, 1.82) is 0 Å². The van der Waals surface area contributed by atoms with Crippen LogP contribution in [0.15, 0.2) is 24.3 Å². The Balaban J connectivity index is 2.25. The average molecular weight is 236 g/mol. The number of anilines is 1. The summed E-state index contributed by atoms with van der Waals surface area (Å²) in [7, 11) is 0. The summed E-state index contributed by atoms with van der Waals surface area (Å²) in [5.74, 6) is -0.856. The maximum Gasteiger partial charge on any atom is 0.319 e. The molecule has 92 valence electrons. The SMILES string of the molecule is Cc1ccc(NC(=O)NCCCC(=O)O)cc1. The van der Waals surface area contributed by atoms with Crippen LogP contribution in [0.4, 0.5) is 10.5 Å². The number of rotatable bonds is 5. The predicted molar refractivity (Wildman–Crippen MR) is 65.1 cm³/mol. The normalized spacial score (nSPS) is 9.71. The Hall–Kier alpha value is -2.04. The maximum absolute atomic E-state index is 11.4. The van der Waals surface area contributed by atoms with Crippen molar-refractivity contribution < 1.29 is 14.7 Å². The lowest BCUT2D eigenvalue weighted by Gasteiger charge is -2.07. The standard InChI is InChI=1S/C12H16N2O3/c1-9-4-6-10(7-5-9)14-12(17)13-8-2-3-11(15)16/h4-7H,2-3,8H2,1H3,(H,15,16)(H2,13,14,17). The molecule has 5 heteroatoms. The van der Waals surface area contributed by atoms with Gasteiger partial charge in [-0.25, -0.2) is 4.79 Å². The number of carbonyl (C=O) groups is 2. The lowest BCUT2D eigenvalue weighted by molar-refractivity contribution is -0.137. The lowest BCUT2D eigenvalue weighted by atomic mass is 10.2. The first-order valence-corrected chi connectivity index (χ1v) is 5.41. The molecule has 2 amide bonds. The van der Waals surface area contributed by atoms with Gasteiger partial charge in [-0.2, -0.15) is 0 Å². The highest BCUT2D eigenvalue weighted by Gasteiger charge is 2.01. The average Bonchev–Trinajstić information content (AvgIpc) is 2.27. The molecule has 0 saturated heterocycles. The van der Waals surface area contributed by atoms with E-state index in [-0.39, 0.29) is 12.5 Å². The molecule has 0 aliphatic heterocycles. The molecule has 1 aromatic carbocycles. The van der Waals surface area contributed by atoms with E-state index in [1.807, 2.05) is 31.2 Å². The van der Waals surface area contributed by atoms with Crippen molar-refractivity contribution in [2.24, 2.45) is 0 Å². The fraction of sp³-hybridized carbons (Fsp3) is 0.333. The molecule has 0 aliphatic rings. The van der Waals surface area contributed by atoms with Crippen LogP contribution in [0.3, 0.4) is 0 Å². The second-order valence-electron chi connectivity index (χ2n) is 3.74. The predicted octanol–water partition coefficient (Wildman–Crippen LogP) is 1.98. The highest BCUT2D eigenvalue weighted by molar-refractivity contribution is 5.89. The summed E-state index contributed by atoms with van der Waals surface area (Å²) in [4.78, 5) is 21.6. The third-order valence-electron chi connectivity index (χ3n) is 2.16. The molecule has 0 aliphatic carbocycles. The molecule has 1 rings (SSSR count). The van der Waals surface area contributed by atoms with Gasteiger partial charge < -0.3 is 15.7 Å². The van der Waals surface area contributed by atoms with Crippen molar-refractivity contribution >= 4 is 17.7 Å². The minimum Gasteiger partial charge on any atom is -0.481 e. The molecule has 0 radical (unpaired) electrons. The summed E-state index contributed by atoms with van der Waals surface area (Å²) >= 11 is 0. The van der Waals surface area contributed by atoms with E-state index in [1.54, 1.807) is 0 Å². The van der Waals surface area contributed by atoms with Crippen LogP contribution >= 0.6 is 0 Å². The number of carboxylic acids is 1. The third kappa shape index (κ3) is 5.55. The van der Waals surface area contributed by atoms with Crippen LogP contribution in [0.2, 0.25) is 0 Å². The Kier molecular flexibility index (Phi) is 5.00. The van der Waals surface area contributed by atoms with Gasteiger partial charge >= 0.3 is 12.0 Å². The van der Waals surface area contributed by atoms with Gasteiger partial charge in [-0.1, -0.05) is 17.7 Å². The molecule has 0 fully saturated rings. The number of aryl methyl sites for hydroxylation is 1. The van der Waals surface area contributed by atoms with Crippen LogP contribution < -0.4 is 10.6 Å². The van der Waals surface area contributed by atoms with Crippen LogP contribution in [0.25, 0.3) is 0 Å². The molecular formula is C12H16N2O3. The van der Waals surface area contributed by atoms with E-state index in [9.17, 15) is 9.59 Å². The number of benzene rings is 1. The van der Waals surface area contributed by atoms with Crippen molar-refractivity contribution in [2.45, 2.75) is 19.8 Å². The molecule has 0 atom stereocenters. The quantitative estimate of drug-likeness (QED) is 0.684. The maximum atomic E-state index is 11.4. The largest absolute Gasteiger partial charge is 0.481 e. The number of nitrogens with one attached hydrogen (secondary N) is 2. The van der Waals surface area contributed by atoms with Crippen LogP contribution in [-0.2, 0) is 4.79 Å². The van der Waals surface area contributed by atoms with E-state index in [0.717, 1.165) is 5.56 Å². The van der Waals surface area contributed by atoms with Crippen molar-refractivity contribution in [3.63, 3.8) is 0 Å². The first-order valence-electron chi connectivity index (χ1n) is 5.41. The van der Waals surface area contributed by atoms with Crippen molar-refractivity contribution in [3.8, 4) is 0 Å². The van der Waals surface area contributed by atoms with Gasteiger partial charge in [0.15, 0.2) is 0 Å². The Morgan fingerprint density at radius 3 is 2.47 bits per heavy atom. The lowest BCUT2D eigenvalue weighted by Crippen LogP contribution is -2.29. The summed E-state index contributed by atoms with van der Waals surface area (Å²) in [5.41, 5.74) is 1.84. The minimum atomic E-state index is -0.856. The smallest absolute Gasteiger partial charge is 0.319 e. The molecule has 0 aromatic heterocycles. The van der Waals surface area contributed by atoms with Gasteiger partial charge in [-0.05, 0) is 25.5 Å².